The summed E-state index contributed by atoms with van der Waals surface area (Å²) in [5.41, 5.74) is 0.510. The van der Waals surface area contributed by atoms with E-state index in [0.717, 1.165) is 0 Å². The molecule has 18 heavy (non-hydrogen) atoms. The summed E-state index contributed by atoms with van der Waals surface area (Å²) in [5, 5.41) is 17.6. The molecule has 0 aromatic heterocycles. The summed E-state index contributed by atoms with van der Waals surface area (Å²) in [6, 6.07) is 5.79. The second-order valence-electron chi connectivity index (χ2n) is 4.10. The van der Waals surface area contributed by atoms with Crippen LogP contribution in [0.3, 0.4) is 0 Å². The molecule has 0 spiro atoms. The maximum Gasteiger partial charge on any atom is 0.237 e. The van der Waals surface area contributed by atoms with E-state index in [1.54, 1.807) is 12.1 Å². The summed E-state index contributed by atoms with van der Waals surface area (Å²) in [6.45, 7) is 1.25. The van der Waals surface area contributed by atoms with Crippen LogP contribution in [0.1, 0.15) is 6.42 Å². The van der Waals surface area contributed by atoms with Gasteiger partial charge in [-0.25, -0.2) is 0 Å². The molecular formula is C12H15N3O3. The zero-order chi connectivity index (χ0) is 13.0. The van der Waals surface area contributed by atoms with Crippen LogP contribution < -0.4 is 16.0 Å². The van der Waals surface area contributed by atoms with Gasteiger partial charge in [-0.1, -0.05) is 6.07 Å². The Bertz CT molecular complexity index is 462. The Morgan fingerprint density at radius 3 is 3.00 bits per heavy atom. The van der Waals surface area contributed by atoms with Crippen molar-refractivity contribution in [3.8, 4) is 5.75 Å². The molecular weight excluding hydrogens is 234 g/mol. The first kappa shape index (κ1) is 12.4. The number of hydrogen-bond donors (Lipinski definition) is 4. The van der Waals surface area contributed by atoms with Gasteiger partial charge in [-0.05, 0) is 12.1 Å². The number of carbonyl (C=O) groups is 2. The first-order chi connectivity index (χ1) is 8.65. The molecule has 2 amide bonds. The molecule has 96 valence electrons. The molecule has 1 heterocycles. The second kappa shape index (κ2) is 5.50. The molecule has 1 unspecified atom stereocenters. The maximum atomic E-state index is 11.7. The molecule has 1 aromatic rings. The average Bonchev–Trinajstić information content (AvgIpc) is 2.32. The van der Waals surface area contributed by atoms with E-state index < -0.39 is 6.04 Å². The van der Waals surface area contributed by atoms with Crippen LogP contribution in [0, 0.1) is 0 Å². The molecule has 2 rings (SSSR count). The van der Waals surface area contributed by atoms with Crippen LogP contribution in [0.25, 0.3) is 0 Å². The number of hydrogen-bond acceptors (Lipinski definition) is 4. The normalized spacial score (nSPS) is 19.1. The molecule has 0 aliphatic carbocycles. The van der Waals surface area contributed by atoms with Gasteiger partial charge < -0.3 is 21.1 Å². The SMILES string of the molecule is O=C(CC1NCCNC1=O)Nc1cccc(O)c1. The summed E-state index contributed by atoms with van der Waals surface area (Å²) in [5.74, 6) is -0.344. The number of phenolic OH excluding ortho intramolecular Hbond substituents is 1. The van der Waals surface area contributed by atoms with Crippen LogP contribution in [0.5, 0.6) is 5.75 Å². The first-order valence-electron chi connectivity index (χ1n) is 5.75. The predicted molar refractivity (Wildman–Crippen MR) is 66.2 cm³/mol. The highest BCUT2D eigenvalue weighted by Gasteiger charge is 2.23. The minimum absolute atomic E-state index is 0.0709. The minimum atomic E-state index is -0.490. The Balaban J connectivity index is 1.90. The van der Waals surface area contributed by atoms with E-state index in [4.69, 9.17) is 0 Å². The summed E-state index contributed by atoms with van der Waals surface area (Å²) < 4.78 is 0. The number of phenols is 1. The van der Waals surface area contributed by atoms with Crippen molar-refractivity contribution >= 4 is 17.5 Å². The van der Waals surface area contributed by atoms with Gasteiger partial charge in [-0.15, -0.1) is 0 Å². The van der Waals surface area contributed by atoms with Gasteiger partial charge in [0, 0.05) is 24.8 Å². The van der Waals surface area contributed by atoms with Crippen LogP contribution in [-0.2, 0) is 9.59 Å². The van der Waals surface area contributed by atoms with E-state index in [2.05, 4.69) is 16.0 Å². The highest BCUT2D eigenvalue weighted by Crippen LogP contribution is 2.15. The number of nitrogens with one attached hydrogen (secondary N) is 3. The Morgan fingerprint density at radius 2 is 2.28 bits per heavy atom. The fourth-order valence-electron chi connectivity index (χ4n) is 1.79. The molecule has 1 atom stereocenters. The first-order valence-corrected chi connectivity index (χ1v) is 5.75. The van der Waals surface area contributed by atoms with Crippen LogP contribution in [0.4, 0.5) is 5.69 Å². The fraction of sp³-hybridized carbons (Fsp3) is 0.333. The van der Waals surface area contributed by atoms with Crippen molar-refractivity contribution in [3.05, 3.63) is 24.3 Å². The quantitative estimate of drug-likeness (QED) is 0.597. The molecule has 1 saturated heterocycles. The standard InChI is InChI=1S/C12H15N3O3/c16-9-3-1-2-8(6-9)15-11(17)7-10-12(18)14-5-4-13-10/h1-3,6,10,13,16H,4-5,7H2,(H,14,18)(H,15,17). The van der Waals surface area contributed by atoms with Crippen molar-refractivity contribution in [1.29, 1.82) is 0 Å². The van der Waals surface area contributed by atoms with Crippen molar-refractivity contribution in [2.24, 2.45) is 0 Å². The van der Waals surface area contributed by atoms with E-state index in [9.17, 15) is 14.7 Å². The molecule has 0 saturated carbocycles. The van der Waals surface area contributed by atoms with Crippen molar-refractivity contribution < 1.29 is 14.7 Å². The number of aromatic hydroxyl groups is 1. The predicted octanol–water partition coefficient (Wildman–Crippen LogP) is -0.191. The number of carbonyl (C=O) groups excluding carboxylic acids is 2. The molecule has 1 aromatic carbocycles. The molecule has 1 aliphatic rings. The molecule has 6 heteroatoms. The Kier molecular flexibility index (Phi) is 3.78. The molecule has 1 aliphatic heterocycles. The van der Waals surface area contributed by atoms with E-state index in [-0.39, 0.29) is 24.0 Å². The fourth-order valence-corrected chi connectivity index (χ4v) is 1.79. The number of piperazine rings is 1. The van der Waals surface area contributed by atoms with Gasteiger partial charge in [0.2, 0.25) is 11.8 Å². The number of anilines is 1. The third kappa shape index (κ3) is 3.21. The molecule has 0 radical (unpaired) electrons. The molecule has 0 bridgehead atoms. The lowest BCUT2D eigenvalue weighted by molar-refractivity contribution is -0.127. The van der Waals surface area contributed by atoms with Gasteiger partial charge in [-0.3, -0.25) is 9.59 Å². The minimum Gasteiger partial charge on any atom is -0.508 e. The van der Waals surface area contributed by atoms with E-state index in [1.807, 2.05) is 0 Å². The highest BCUT2D eigenvalue weighted by molar-refractivity contribution is 5.95. The zero-order valence-electron chi connectivity index (χ0n) is 9.77. The van der Waals surface area contributed by atoms with Gasteiger partial charge in [0.25, 0.3) is 0 Å². The Morgan fingerprint density at radius 1 is 1.44 bits per heavy atom. The van der Waals surface area contributed by atoms with Gasteiger partial charge in [0.1, 0.15) is 5.75 Å². The van der Waals surface area contributed by atoms with Crippen molar-refractivity contribution in [3.63, 3.8) is 0 Å². The van der Waals surface area contributed by atoms with Crippen molar-refractivity contribution in [2.45, 2.75) is 12.5 Å². The van der Waals surface area contributed by atoms with Crippen LogP contribution in [-0.4, -0.2) is 36.1 Å². The average molecular weight is 249 g/mol. The van der Waals surface area contributed by atoms with Crippen LogP contribution in [0.15, 0.2) is 24.3 Å². The monoisotopic (exact) mass is 249 g/mol. The summed E-state index contributed by atoms with van der Waals surface area (Å²) >= 11 is 0. The van der Waals surface area contributed by atoms with E-state index in [1.165, 1.54) is 12.1 Å². The van der Waals surface area contributed by atoms with E-state index >= 15 is 0 Å². The lowest BCUT2D eigenvalue weighted by atomic mass is 10.1. The molecule has 4 N–H and O–H groups in total. The van der Waals surface area contributed by atoms with Crippen molar-refractivity contribution in [1.82, 2.24) is 10.6 Å². The number of amides is 2. The van der Waals surface area contributed by atoms with Gasteiger partial charge in [0.05, 0.1) is 12.5 Å². The number of benzene rings is 1. The summed E-state index contributed by atoms with van der Waals surface area (Å²) in [7, 11) is 0. The van der Waals surface area contributed by atoms with Gasteiger partial charge in [-0.2, -0.15) is 0 Å². The third-order valence-electron chi connectivity index (χ3n) is 2.65. The van der Waals surface area contributed by atoms with Crippen molar-refractivity contribution in [2.75, 3.05) is 18.4 Å². The highest BCUT2D eigenvalue weighted by atomic mass is 16.3. The molecule has 6 nitrogen and oxygen atoms in total. The smallest absolute Gasteiger partial charge is 0.237 e. The topological polar surface area (TPSA) is 90.5 Å². The van der Waals surface area contributed by atoms with Gasteiger partial charge >= 0.3 is 0 Å². The van der Waals surface area contributed by atoms with E-state index in [0.29, 0.717) is 18.8 Å². The maximum absolute atomic E-state index is 11.7. The summed E-state index contributed by atoms with van der Waals surface area (Å²) in [6.07, 6.45) is 0.0709. The molecule has 1 fully saturated rings. The largest absolute Gasteiger partial charge is 0.508 e. The summed E-state index contributed by atoms with van der Waals surface area (Å²) in [4.78, 5) is 23.2. The van der Waals surface area contributed by atoms with Crippen LogP contribution >= 0.6 is 0 Å². The second-order valence-corrected chi connectivity index (χ2v) is 4.10. The zero-order valence-corrected chi connectivity index (χ0v) is 9.77. The third-order valence-corrected chi connectivity index (χ3v) is 2.65. The lowest BCUT2D eigenvalue weighted by Gasteiger charge is -2.22. The Hall–Kier alpha value is -2.08. The van der Waals surface area contributed by atoms with Gasteiger partial charge in [0.15, 0.2) is 0 Å². The Labute approximate surface area is 104 Å². The number of rotatable bonds is 3. The lowest BCUT2D eigenvalue weighted by Crippen LogP contribution is -2.53. The van der Waals surface area contributed by atoms with Crippen LogP contribution in [0.2, 0.25) is 0 Å².